The fourth-order valence-corrected chi connectivity index (χ4v) is 0.492. The number of carbonyl (C=O) groups is 1. The molecule has 1 atom stereocenters. The van der Waals surface area contributed by atoms with Crippen LogP contribution in [0.4, 0.5) is 4.39 Å². The standard InChI is InChI=1S/C4H7FOS/c1-3(5)2-4(6)7/h3H,2H2,1H3,(H,6,7). The summed E-state index contributed by atoms with van der Waals surface area (Å²) in [5.41, 5.74) is 0. The van der Waals surface area contributed by atoms with Crippen molar-refractivity contribution in [1.82, 2.24) is 0 Å². The SMILES string of the molecule is CC(F)CC(=O)S. The zero-order chi connectivity index (χ0) is 5.86. The van der Waals surface area contributed by atoms with Crippen LogP contribution in [0, 0.1) is 0 Å². The number of halogens is 1. The van der Waals surface area contributed by atoms with Crippen molar-refractivity contribution in [3.63, 3.8) is 0 Å². The second-order valence-electron chi connectivity index (χ2n) is 1.38. The second-order valence-corrected chi connectivity index (χ2v) is 1.88. The summed E-state index contributed by atoms with van der Waals surface area (Å²) in [6.45, 7) is 1.33. The third-order valence-electron chi connectivity index (χ3n) is 0.456. The van der Waals surface area contributed by atoms with Crippen LogP contribution in [0.25, 0.3) is 0 Å². The lowest BCUT2D eigenvalue weighted by Gasteiger charge is -1.91. The quantitative estimate of drug-likeness (QED) is 0.544. The monoisotopic (exact) mass is 122 g/mol. The van der Waals surface area contributed by atoms with Crippen molar-refractivity contribution in [2.45, 2.75) is 19.5 Å². The molecule has 0 radical (unpaired) electrons. The van der Waals surface area contributed by atoms with E-state index in [0.29, 0.717) is 0 Å². The summed E-state index contributed by atoms with van der Waals surface area (Å²) in [6, 6.07) is 0. The molecule has 0 saturated heterocycles. The molecule has 0 aromatic rings. The molecule has 0 rings (SSSR count). The van der Waals surface area contributed by atoms with Crippen LogP contribution in [0.3, 0.4) is 0 Å². The van der Waals surface area contributed by atoms with Crippen molar-refractivity contribution in [3.05, 3.63) is 0 Å². The first-order valence-corrected chi connectivity index (χ1v) is 2.43. The van der Waals surface area contributed by atoms with Crippen LogP contribution in [0.1, 0.15) is 13.3 Å². The van der Waals surface area contributed by atoms with E-state index in [2.05, 4.69) is 12.6 Å². The maximum Gasteiger partial charge on any atom is 0.188 e. The highest BCUT2D eigenvalue weighted by atomic mass is 32.1. The van der Waals surface area contributed by atoms with Crippen LogP contribution in [0.5, 0.6) is 0 Å². The van der Waals surface area contributed by atoms with Crippen molar-refractivity contribution in [2.75, 3.05) is 0 Å². The Kier molecular flexibility index (Phi) is 3.00. The molecule has 0 aromatic carbocycles. The van der Waals surface area contributed by atoms with E-state index in [1.165, 1.54) is 6.92 Å². The lowest BCUT2D eigenvalue weighted by Crippen LogP contribution is -1.97. The van der Waals surface area contributed by atoms with Gasteiger partial charge in [-0.1, -0.05) is 0 Å². The predicted molar refractivity (Wildman–Crippen MR) is 29.2 cm³/mol. The van der Waals surface area contributed by atoms with E-state index in [-0.39, 0.29) is 6.42 Å². The molecular formula is C4H7FOS. The Morgan fingerprint density at radius 2 is 2.43 bits per heavy atom. The number of carbonyl (C=O) groups excluding carboxylic acids is 1. The summed E-state index contributed by atoms with van der Waals surface area (Å²) in [7, 11) is 0. The second kappa shape index (κ2) is 3.02. The first kappa shape index (κ1) is 6.95. The fourth-order valence-electron chi connectivity index (χ4n) is 0.241. The maximum atomic E-state index is 11.7. The van der Waals surface area contributed by atoms with Crippen LogP contribution < -0.4 is 0 Å². The molecule has 0 fully saturated rings. The molecule has 1 nitrogen and oxygen atoms in total. The van der Waals surface area contributed by atoms with E-state index in [1.807, 2.05) is 0 Å². The highest BCUT2D eigenvalue weighted by molar-refractivity contribution is 7.96. The molecule has 1 unspecified atom stereocenters. The van der Waals surface area contributed by atoms with Gasteiger partial charge in [0.25, 0.3) is 0 Å². The van der Waals surface area contributed by atoms with Crippen molar-refractivity contribution in [1.29, 1.82) is 0 Å². The Morgan fingerprint density at radius 3 is 2.43 bits per heavy atom. The molecule has 0 N–H and O–H groups in total. The third kappa shape index (κ3) is 5.95. The van der Waals surface area contributed by atoms with Crippen LogP contribution in [-0.4, -0.2) is 11.3 Å². The minimum absolute atomic E-state index is 0.0802. The number of rotatable bonds is 2. The van der Waals surface area contributed by atoms with Crippen molar-refractivity contribution in [2.24, 2.45) is 0 Å². The smallest absolute Gasteiger partial charge is 0.188 e. The highest BCUT2D eigenvalue weighted by Crippen LogP contribution is 1.97. The summed E-state index contributed by atoms with van der Waals surface area (Å²) in [5.74, 6) is 0. The average Bonchev–Trinajstić information content (AvgIpc) is 1.27. The summed E-state index contributed by atoms with van der Waals surface area (Å²) < 4.78 is 11.7. The van der Waals surface area contributed by atoms with Gasteiger partial charge in [0.05, 0.1) is 0 Å². The number of hydrogen-bond acceptors (Lipinski definition) is 1. The van der Waals surface area contributed by atoms with E-state index >= 15 is 0 Å². The van der Waals surface area contributed by atoms with Gasteiger partial charge in [0, 0.05) is 6.42 Å². The Bertz CT molecular complexity index is 72.1. The highest BCUT2D eigenvalue weighted by Gasteiger charge is 2.00. The van der Waals surface area contributed by atoms with Crippen molar-refractivity contribution < 1.29 is 9.18 Å². The number of hydrogen-bond donors (Lipinski definition) is 1. The fraction of sp³-hybridized carbons (Fsp3) is 0.750. The van der Waals surface area contributed by atoms with E-state index in [0.717, 1.165) is 0 Å². The third-order valence-corrected chi connectivity index (χ3v) is 0.638. The Hall–Kier alpha value is -0.0500. The Balaban J connectivity index is 3.13. The lowest BCUT2D eigenvalue weighted by molar-refractivity contribution is -0.111. The molecule has 0 saturated carbocycles. The molecule has 0 aliphatic carbocycles. The van der Waals surface area contributed by atoms with Crippen LogP contribution >= 0.6 is 12.6 Å². The topological polar surface area (TPSA) is 17.1 Å². The molecule has 0 spiro atoms. The molecule has 0 aliphatic heterocycles. The average molecular weight is 122 g/mol. The molecule has 3 heteroatoms. The minimum atomic E-state index is -1.05. The van der Waals surface area contributed by atoms with Gasteiger partial charge in [-0.2, -0.15) is 0 Å². The van der Waals surface area contributed by atoms with Gasteiger partial charge >= 0.3 is 0 Å². The predicted octanol–water partition coefficient (Wildman–Crippen LogP) is 1.19. The summed E-state index contributed by atoms with van der Waals surface area (Å²) in [5, 5.41) is -0.394. The van der Waals surface area contributed by atoms with E-state index in [1.54, 1.807) is 0 Å². The van der Waals surface area contributed by atoms with E-state index in [9.17, 15) is 9.18 Å². The lowest BCUT2D eigenvalue weighted by atomic mass is 10.3. The molecule has 0 amide bonds. The Morgan fingerprint density at radius 1 is 2.00 bits per heavy atom. The summed E-state index contributed by atoms with van der Waals surface area (Å²) >= 11 is 3.36. The van der Waals surface area contributed by atoms with Crippen LogP contribution in [0.15, 0.2) is 0 Å². The first-order valence-electron chi connectivity index (χ1n) is 1.99. The van der Waals surface area contributed by atoms with Gasteiger partial charge in [-0.3, -0.25) is 4.79 Å². The van der Waals surface area contributed by atoms with Gasteiger partial charge in [-0.15, -0.1) is 12.6 Å². The molecule has 0 bridgehead atoms. The molecule has 0 heterocycles. The molecule has 42 valence electrons. The van der Waals surface area contributed by atoms with Crippen molar-refractivity contribution >= 4 is 17.7 Å². The molecular weight excluding hydrogens is 115 g/mol. The van der Waals surface area contributed by atoms with Gasteiger partial charge in [0.15, 0.2) is 5.12 Å². The minimum Gasteiger partial charge on any atom is -0.287 e. The zero-order valence-electron chi connectivity index (χ0n) is 4.02. The van der Waals surface area contributed by atoms with Gasteiger partial charge in [-0.25, -0.2) is 4.39 Å². The largest absolute Gasteiger partial charge is 0.287 e. The zero-order valence-corrected chi connectivity index (χ0v) is 4.91. The number of thiol groups is 1. The van der Waals surface area contributed by atoms with Crippen LogP contribution in [-0.2, 0) is 4.79 Å². The van der Waals surface area contributed by atoms with Gasteiger partial charge in [-0.05, 0) is 6.92 Å². The van der Waals surface area contributed by atoms with E-state index in [4.69, 9.17) is 0 Å². The van der Waals surface area contributed by atoms with Gasteiger partial charge in [0.1, 0.15) is 6.17 Å². The number of alkyl halides is 1. The summed E-state index contributed by atoms with van der Waals surface area (Å²) in [6.07, 6.45) is -1.13. The Labute approximate surface area is 47.3 Å². The van der Waals surface area contributed by atoms with E-state index < -0.39 is 11.3 Å². The molecule has 0 aliphatic rings. The van der Waals surface area contributed by atoms with Gasteiger partial charge in [0.2, 0.25) is 0 Å². The first-order chi connectivity index (χ1) is 3.13. The summed E-state index contributed by atoms with van der Waals surface area (Å²) in [4.78, 5) is 9.88. The molecule has 7 heavy (non-hydrogen) atoms. The normalized spacial score (nSPS) is 13.6. The maximum absolute atomic E-state index is 11.7. The van der Waals surface area contributed by atoms with Crippen molar-refractivity contribution in [3.8, 4) is 0 Å². The molecule has 0 aromatic heterocycles. The van der Waals surface area contributed by atoms with Crippen LogP contribution in [0.2, 0.25) is 0 Å². The van der Waals surface area contributed by atoms with Gasteiger partial charge < -0.3 is 0 Å².